The fraction of sp³-hybridized carbons (Fsp3) is 0.500. The molecule has 0 aliphatic rings. The van der Waals surface area contributed by atoms with Crippen molar-refractivity contribution in [2.75, 3.05) is 6.61 Å². The summed E-state index contributed by atoms with van der Waals surface area (Å²) in [5.41, 5.74) is 6.05. The molecule has 0 aliphatic carbocycles. The van der Waals surface area contributed by atoms with Gasteiger partial charge < -0.3 is 10.5 Å². The Kier molecular flexibility index (Phi) is 5.07. The lowest BCUT2D eigenvalue weighted by Crippen LogP contribution is -2.31. The molecule has 20 heavy (non-hydrogen) atoms. The smallest absolute Gasteiger partial charge is 0.273 e. The van der Waals surface area contributed by atoms with E-state index in [1.54, 1.807) is 6.07 Å². The molecule has 1 aromatic rings. The lowest BCUT2D eigenvalue weighted by Gasteiger charge is -2.22. The highest BCUT2D eigenvalue weighted by Gasteiger charge is 2.21. The maximum atomic E-state index is 10.7. The zero-order valence-corrected chi connectivity index (χ0v) is 12.1. The van der Waals surface area contributed by atoms with Crippen LogP contribution < -0.4 is 10.5 Å². The Balaban J connectivity index is 2.56. The van der Waals surface area contributed by atoms with Gasteiger partial charge in [0, 0.05) is 11.5 Å². The quantitative estimate of drug-likeness (QED) is 0.263. The molecule has 0 amide bonds. The van der Waals surface area contributed by atoms with Gasteiger partial charge in [0.15, 0.2) is 0 Å². The Morgan fingerprint density at radius 1 is 1.50 bits per heavy atom. The van der Waals surface area contributed by atoms with Crippen LogP contribution in [0, 0.1) is 27.9 Å². The molecule has 3 N–H and O–H groups in total. The van der Waals surface area contributed by atoms with Gasteiger partial charge in [0.2, 0.25) is 0 Å². The maximum absolute atomic E-state index is 10.7. The minimum absolute atomic E-state index is 0.0228. The molecule has 0 unspecified atom stereocenters. The minimum atomic E-state index is -0.439. The van der Waals surface area contributed by atoms with E-state index < -0.39 is 4.92 Å². The van der Waals surface area contributed by atoms with Crippen molar-refractivity contribution in [3.8, 4) is 5.75 Å². The van der Waals surface area contributed by atoms with Gasteiger partial charge in [0.1, 0.15) is 5.75 Å². The predicted molar refractivity (Wildman–Crippen MR) is 78.3 cm³/mol. The van der Waals surface area contributed by atoms with Gasteiger partial charge in [-0.1, -0.05) is 13.8 Å². The first-order chi connectivity index (χ1) is 9.24. The predicted octanol–water partition coefficient (Wildman–Crippen LogP) is 3.02. The van der Waals surface area contributed by atoms with Crippen molar-refractivity contribution in [2.45, 2.75) is 33.6 Å². The Morgan fingerprint density at radius 2 is 2.15 bits per heavy atom. The number of hydrogen-bond acceptors (Lipinski definition) is 4. The second-order valence-electron chi connectivity index (χ2n) is 5.46. The SMILES string of the molecule is Cc1ccc([N+](=O)[O-])cc1OCCCC(C)(C)C(=N)N. The van der Waals surface area contributed by atoms with E-state index in [0.29, 0.717) is 12.4 Å². The first-order valence-corrected chi connectivity index (χ1v) is 6.46. The van der Waals surface area contributed by atoms with E-state index in [2.05, 4.69) is 0 Å². The number of nitrogens with one attached hydrogen (secondary N) is 1. The number of nitro benzene ring substituents is 1. The average Bonchev–Trinajstić information content (AvgIpc) is 2.36. The van der Waals surface area contributed by atoms with Crippen molar-refractivity contribution in [1.29, 1.82) is 5.41 Å². The summed E-state index contributed by atoms with van der Waals surface area (Å²) in [5, 5.41) is 18.2. The summed E-state index contributed by atoms with van der Waals surface area (Å²) in [6.07, 6.45) is 1.46. The first kappa shape index (κ1) is 15.9. The van der Waals surface area contributed by atoms with Crippen LogP contribution in [-0.2, 0) is 0 Å². The fourth-order valence-corrected chi connectivity index (χ4v) is 1.69. The molecule has 0 fully saturated rings. The van der Waals surface area contributed by atoms with E-state index in [0.717, 1.165) is 18.4 Å². The highest BCUT2D eigenvalue weighted by atomic mass is 16.6. The van der Waals surface area contributed by atoms with E-state index in [1.165, 1.54) is 12.1 Å². The van der Waals surface area contributed by atoms with Crippen LogP contribution in [0.1, 0.15) is 32.3 Å². The van der Waals surface area contributed by atoms with Gasteiger partial charge in [-0.3, -0.25) is 15.5 Å². The molecule has 0 saturated carbocycles. The number of non-ortho nitro benzene ring substituents is 1. The summed E-state index contributed by atoms with van der Waals surface area (Å²) in [6.45, 7) is 6.11. The monoisotopic (exact) mass is 279 g/mol. The van der Waals surface area contributed by atoms with E-state index in [9.17, 15) is 10.1 Å². The van der Waals surface area contributed by atoms with Gasteiger partial charge in [-0.05, 0) is 31.4 Å². The molecule has 0 radical (unpaired) electrons. The van der Waals surface area contributed by atoms with Gasteiger partial charge >= 0.3 is 0 Å². The summed E-state index contributed by atoms with van der Waals surface area (Å²) < 4.78 is 5.59. The number of nitrogens with zero attached hydrogens (tertiary/aromatic N) is 1. The Hall–Kier alpha value is -2.11. The first-order valence-electron chi connectivity index (χ1n) is 6.46. The number of hydrogen-bond donors (Lipinski definition) is 2. The summed E-state index contributed by atoms with van der Waals surface area (Å²) in [6, 6.07) is 4.57. The Bertz CT molecular complexity index is 512. The molecule has 0 heterocycles. The van der Waals surface area contributed by atoms with Crippen LogP contribution in [0.2, 0.25) is 0 Å². The molecule has 0 aromatic heterocycles. The highest BCUT2D eigenvalue weighted by molar-refractivity contribution is 5.82. The number of rotatable bonds is 7. The standard InChI is InChI=1S/C14H21N3O3/c1-10-5-6-11(17(18)19)9-12(10)20-8-4-7-14(2,3)13(15)16/h5-6,9H,4,7-8H2,1-3H3,(H3,15,16). The van der Waals surface area contributed by atoms with Gasteiger partial charge in [-0.15, -0.1) is 0 Å². The largest absolute Gasteiger partial charge is 0.493 e. The van der Waals surface area contributed by atoms with Gasteiger partial charge in [-0.25, -0.2) is 0 Å². The minimum Gasteiger partial charge on any atom is -0.493 e. The fourth-order valence-electron chi connectivity index (χ4n) is 1.69. The van der Waals surface area contributed by atoms with Crippen molar-refractivity contribution in [1.82, 2.24) is 0 Å². The normalized spacial score (nSPS) is 11.2. The molecule has 1 aromatic carbocycles. The highest BCUT2D eigenvalue weighted by Crippen LogP contribution is 2.25. The van der Waals surface area contributed by atoms with Crippen LogP contribution in [0.5, 0.6) is 5.75 Å². The average molecular weight is 279 g/mol. The lowest BCUT2D eigenvalue weighted by molar-refractivity contribution is -0.384. The summed E-state index contributed by atoms with van der Waals surface area (Å²) in [7, 11) is 0. The summed E-state index contributed by atoms with van der Waals surface area (Å²) in [5.74, 6) is 0.684. The molecule has 0 atom stereocenters. The van der Waals surface area contributed by atoms with Crippen LogP contribution in [0.15, 0.2) is 18.2 Å². The Morgan fingerprint density at radius 3 is 2.70 bits per heavy atom. The third-order valence-electron chi connectivity index (χ3n) is 3.32. The van der Waals surface area contributed by atoms with Crippen LogP contribution in [0.25, 0.3) is 0 Å². The molecular formula is C14H21N3O3. The number of amidine groups is 1. The van der Waals surface area contributed by atoms with E-state index in [-0.39, 0.29) is 16.9 Å². The molecule has 0 saturated heterocycles. The number of benzene rings is 1. The maximum Gasteiger partial charge on any atom is 0.273 e. The third kappa shape index (κ3) is 4.22. The second kappa shape index (κ2) is 6.36. The number of ether oxygens (including phenoxy) is 1. The zero-order valence-electron chi connectivity index (χ0n) is 12.1. The molecule has 0 spiro atoms. The van der Waals surface area contributed by atoms with Gasteiger partial charge in [0.25, 0.3) is 5.69 Å². The third-order valence-corrected chi connectivity index (χ3v) is 3.32. The van der Waals surface area contributed by atoms with Crippen molar-refractivity contribution >= 4 is 11.5 Å². The molecule has 0 aliphatic heterocycles. The van der Waals surface area contributed by atoms with Crippen LogP contribution in [-0.4, -0.2) is 17.4 Å². The molecule has 110 valence electrons. The summed E-state index contributed by atoms with van der Waals surface area (Å²) >= 11 is 0. The van der Waals surface area contributed by atoms with Crippen molar-refractivity contribution in [3.63, 3.8) is 0 Å². The number of nitro groups is 1. The molecule has 0 bridgehead atoms. The molecule has 6 heteroatoms. The van der Waals surface area contributed by atoms with Gasteiger partial charge in [0.05, 0.1) is 23.4 Å². The van der Waals surface area contributed by atoms with Gasteiger partial charge in [-0.2, -0.15) is 0 Å². The van der Waals surface area contributed by atoms with E-state index >= 15 is 0 Å². The number of nitrogens with two attached hydrogens (primary N) is 1. The molecular weight excluding hydrogens is 258 g/mol. The van der Waals surface area contributed by atoms with Crippen LogP contribution in [0.3, 0.4) is 0 Å². The van der Waals surface area contributed by atoms with E-state index in [4.69, 9.17) is 15.9 Å². The summed E-state index contributed by atoms with van der Waals surface area (Å²) in [4.78, 5) is 10.3. The molecule has 6 nitrogen and oxygen atoms in total. The zero-order chi connectivity index (χ0) is 15.3. The lowest BCUT2D eigenvalue weighted by atomic mass is 9.87. The topological polar surface area (TPSA) is 102 Å². The van der Waals surface area contributed by atoms with Crippen LogP contribution in [0.4, 0.5) is 5.69 Å². The van der Waals surface area contributed by atoms with Crippen LogP contribution >= 0.6 is 0 Å². The molecule has 1 rings (SSSR count). The van der Waals surface area contributed by atoms with Crippen molar-refractivity contribution in [2.24, 2.45) is 11.1 Å². The van der Waals surface area contributed by atoms with Crippen molar-refractivity contribution < 1.29 is 9.66 Å². The second-order valence-corrected chi connectivity index (χ2v) is 5.46. The van der Waals surface area contributed by atoms with Crippen molar-refractivity contribution in [3.05, 3.63) is 33.9 Å². The number of aryl methyl sites for hydroxylation is 1. The Labute approximate surface area is 118 Å². The van der Waals surface area contributed by atoms with E-state index in [1.807, 2.05) is 20.8 Å².